The molecule has 0 aliphatic carbocycles. The molecule has 0 saturated heterocycles. The summed E-state index contributed by atoms with van der Waals surface area (Å²) in [5, 5.41) is 4.48. The molecule has 66 valence electrons. The molecule has 5 heteroatoms. The molecule has 0 radical (unpaired) electrons. The van der Waals surface area contributed by atoms with E-state index in [0.29, 0.717) is 18.0 Å². The average Bonchev–Trinajstić information content (AvgIpc) is 2.47. The van der Waals surface area contributed by atoms with Gasteiger partial charge in [-0.2, -0.15) is 0 Å². The molecule has 0 aromatic carbocycles. The maximum atomic E-state index is 11.2. The molecular weight excluding hydrogens is 262 g/mol. The normalized spacial score (nSPS) is 9.83. The van der Waals surface area contributed by atoms with Gasteiger partial charge in [0.2, 0.25) is 0 Å². The van der Waals surface area contributed by atoms with Crippen molar-refractivity contribution in [3.8, 4) is 0 Å². The lowest BCUT2D eigenvalue weighted by molar-refractivity contribution is 0.0956. The Morgan fingerprint density at radius 2 is 2.50 bits per heavy atom. The summed E-state index contributed by atoms with van der Waals surface area (Å²) in [6, 6.07) is 1.79. The van der Waals surface area contributed by atoms with Crippen LogP contribution in [0.1, 0.15) is 10.4 Å². The van der Waals surface area contributed by atoms with E-state index in [1.807, 2.05) is 0 Å². The van der Waals surface area contributed by atoms with Crippen LogP contribution in [0.4, 0.5) is 0 Å². The average molecular weight is 269 g/mol. The number of amides is 1. The highest BCUT2D eigenvalue weighted by Crippen LogP contribution is 2.20. The topological polar surface area (TPSA) is 29.1 Å². The van der Waals surface area contributed by atoms with Crippen molar-refractivity contribution in [3.05, 3.63) is 20.8 Å². The molecule has 0 saturated carbocycles. The van der Waals surface area contributed by atoms with Crippen molar-refractivity contribution in [3.63, 3.8) is 0 Å². The van der Waals surface area contributed by atoms with Crippen LogP contribution in [0, 0.1) is 0 Å². The van der Waals surface area contributed by atoms with Gasteiger partial charge in [0.25, 0.3) is 5.91 Å². The molecule has 0 atom stereocenters. The third-order valence-corrected chi connectivity index (χ3v) is 2.90. The van der Waals surface area contributed by atoms with Gasteiger partial charge in [-0.25, -0.2) is 0 Å². The summed E-state index contributed by atoms with van der Waals surface area (Å²) in [6.45, 7) is 0.508. The van der Waals surface area contributed by atoms with E-state index in [1.165, 1.54) is 11.3 Å². The van der Waals surface area contributed by atoms with Crippen molar-refractivity contribution in [1.82, 2.24) is 5.32 Å². The highest BCUT2D eigenvalue weighted by molar-refractivity contribution is 9.11. The molecule has 0 unspecified atom stereocenters. The van der Waals surface area contributed by atoms with Crippen LogP contribution < -0.4 is 5.32 Å². The zero-order valence-corrected chi connectivity index (χ0v) is 9.30. The second-order valence-corrected chi connectivity index (χ2v) is 4.75. The van der Waals surface area contributed by atoms with E-state index in [2.05, 4.69) is 21.2 Å². The number of alkyl halides is 1. The van der Waals surface area contributed by atoms with E-state index >= 15 is 0 Å². The minimum absolute atomic E-state index is 0.0717. The summed E-state index contributed by atoms with van der Waals surface area (Å²) in [5.41, 5.74) is 0.678. The Hall–Kier alpha value is -0.0600. The van der Waals surface area contributed by atoms with Gasteiger partial charge < -0.3 is 5.32 Å². The van der Waals surface area contributed by atoms with Gasteiger partial charge in [0.1, 0.15) is 0 Å². The highest BCUT2D eigenvalue weighted by Gasteiger charge is 2.05. The van der Waals surface area contributed by atoms with Crippen LogP contribution in [-0.4, -0.2) is 18.3 Å². The number of thiophene rings is 1. The molecule has 1 amide bonds. The van der Waals surface area contributed by atoms with Gasteiger partial charge in [-0.15, -0.1) is 22.9 Å². The molecule has 12 heavy (non-hydrogen) atoms. The lowest BCUT2D eigenvalue weighted by atomic mass is 10.3. The predicted molar refractivity (Wildman–Crippen MR) is 55.1 cm³/mol. The Bertz CT molecular complexity index is 276. The molecule has 1 heterocycles. The first-order valence-corrected chi connectivity index (χ1v) is 5.53. The summed E-state index contributed by atoms with van der Waals surface area (Å²) in [7, 11) is 0. The lowest BCUT2D eigenvalue weighted by Gasteiger charge is -1.98. The van der Waals surface area contributed by atoms with Gasteiger partial charge in [-0.1, -0.05) is 0 Å². The number of carbonyl (C=O) groups is 1. The van der Waals surface area contributed by atoms with Crippen LogP contribution in [0.3, 0.4) is 0 Å². The molecule has 1 N–H and O–H groups in total. The molecule has 1 aromatic rings. The summed E-state index contributed by atoms with van der Waals surface area (Å²) < 4.78 is 0.957. The second-order valence-electron chi connectivity index (χ2n) is 2.08. The molecule has 2 nitrogen and oxygen atoms in total. The molecule has 0 spiro atoms. The number of carbonyl (C=O) groups excluding carboxylic acids is 1. The quantitative estimate of drug-likeness (QED) is 0.839. The molecule has 0 aliphatic heterocycles. The van der Waals surface area contributed by atoms with Gasteiger partial charge >= 0.3 is 0 Å². The fourth-order valence-electron chi connectivity index (χ4n) is 0.692. The molecule has 1 aromatic heterocycles. The Morgan fingerprint density at radius 3 is 3.00 bits per heavy atom. The summed E-state index contributed by atoms with van der Waals surface area (Å²) in [6.07, 6.45) is 0. The van der Waals surface area contributed by atoms with Crippen molar-refractivity contribution >= 4 is 44.8 Å². The van der Waals surface area contributed by atoms with E-state index in [1.54, 1.807) is 11.4 Å². The van der Waals surface area contributed by atoms with Gasteiger partial charge in [0.15, 0.2) is 0 Å². The van der Waals surface area contributed by atoms with Crippen LogP contribution in [0.25, 0.3) is 0 Å². The zero-order chi connectivity index (χ0) is 8.97. The Labute approximate surface area is 88.0 Å². The van der Waals surface area contributed by atoms with Crippen molar-refractivity contribution in [2.45, 2.75) is 0 Å². The maximum absolute atomic E-state index is 11.2. The summed E-state index contributed by atoms with van der Waals surface area (Å²) >= 11 is 10.2. The lowest BCUT2D eigenvalue weighted by Crippen LogP contribution is -2.24. The SMILES string of the molecule is O=C(NCCCl)c1csc(Br)c1. The monoisotopic (exact) mass is 267 g/mol. The third kappa shape index (κ3) is 2.77. The largest absolute Gasteiger partial charge is 0.351 e. The van der Waals surface area contributed by atoms with Crippen LogP contribution in [0.5, 0.6) is 0 Å². The van der Waals surface area contributed by atoms with Crippen molar-refractivity contribution in [2.24, 2.45) is 0 Å². The molecule has 0 fully saturated rings. The summed E-state index contributed by atoms with van der Waals surface area (Å²) in [5.74, 6) is 0.370. The maximum Gasteiger partial charge on any atom is 0.252 e. The van der Waals surface area contributed by atoms with Crippen molar-refractivity contribution in [2.75, 3.05) is 12.4 Å². The van der Waals surface area contributed by atoms with Crippen molar-refractivity contribution in [1.29, 1.82) is 0 Å². The minimum Gasteiger partial charge on any atom is -0.351 e. The van der Waals surface area contributed by atoms with Crippen LogP contribution in [0.2, 0.25) is 0 Å². The Balaban J connectivity index is 2.53. The van der Waals surface area contributed by atoms with Crippen LogP contribution >= 0.6 is 38.9 Å². The third-order valence-electron chi connectivity index (χ3n) is 1.21. The molecular formula is C7H7BrClNOS. The van der Waals surface area contributed by atoms with E-state index in [4.69, 9.17) is 11.6 Å². The van der Waals surface area contributed by atoms with E-state index in [-0.39, 0.29) is 5.91 Å². The van der Waals surface area contributed by atoms with Gasteiger partial charge in [0, 0.05) is 17.8 Å². The standard InChI is InChI=1S/C7H7BrClNOS/c8-6-3-5(4-12-6)7(11)10-2-1-9/h3-4H,1-2H2,(H,10,11). The Morgan fingerprint density at radius 1 is 1.75 bits per heavy atom. The first-order chi connectivity index (χ1) is 5.74. The van der Waals surface area contributed by atoms with E-state index < -0.39 is 0 Å². The zero-order valence-electron chi connectivity index (χ0n) is 6.14. The molecule has 0 aliphatic rings. The van der Waals surface area contributed by atoms with Crippen LogP contribution in [-0.2, 0) is 0 Å². The Kier molecular flexibility index (Phi) is 4.05. The highest BCUT2D eigenvalue weighted by atomic mass is 79.9. The molecule has 1 rings (SSSR count). The first kappa shape index (κ1) is 10.0. The smallest absolute Gasteiger partial charge is 0.252 e. The van der Waals surface area contributed by atoms with E-state index in [0.717, 1.165) is 3.79 Å². The van der Waals surface area contributed by atoms with Gasteiger partial charge in [-0.05, 0) is 22.0 Å². The van der Waals surface area contributed by atoms with E-state index in [9.17, 15) is 4.79 Å². The fourth-order valence-corrected chi connectivity index (χ4v) is 1.92. The number of halogens is 2. The first-order valence-electron chi connectivity index (χ1n) is 3.32. The minimum atomic E-state index is -0.0717. The fraction of sp³-hybridized carbons (Fsp3) is 0.286. The number of hydrogen-bond acceptors (Lipinski definition) is 2. The van der Waals surface area contributed by atoms with Crippen LogP contribution in [0.15, 0.2) is 15.2 Å². The second kappa shape index (κ2) is 4.84. The molecule has 0 bridgehead atoms. The van der Waals surface area contributed by atoms with Gasteiger partial charge in [-0.3, -0.25) is 4.79 Å². The number of nitrogens with one attached hydrogen (secondary N) is 1. The summed E-state index contributed by atoms with van der Waals surface area (Å²) in [4.78, 5) is 11.2. The van der Waals surface area contributed by atoms with Crippen molar-refractivity contribution < 1.29 is 4.79 Å². The number of rotatable bonds is 3. The van der Waals surface area contributed by atoms with Gasteiger partial charge in [0.05, 0.1) is 9.35 Å². The predicted octanol–water partition coefficient (Wildman–Crippen LogP) is 2.48. The number of hydrogen-bond donors (Lipinski definition) is 1.